The Kier molecular flexibility index (Phi) is 4.30. The van der Waals surface area contributed by atoms with Crippen LogP contribution in [0.2, 0.25) is 10.0 Å². The van der Waals surface area contributed by atoms with Gasteiger partial charge in [0, 0.05) is 45.7 Å². The van der Waals surface area contributed by atoms with Gasteiger partial charge in [-0.25, -0.2) is 4.98 Å². The molecular formula is C22H16Cl2N4. The van der Waals surface area contributed by atoms with Gasteiger partial charge in [0.05, 0.1) is 12.2 Å². The molecule has 2 aromatic carbocycles. The van der Waals surface area contributed by atoms with Gasteiger partial charge in [0.15, 0.2) is 0 Å². The zero-order valence-corrected chi connectivity index (χ0v) is 16.4. The highest BCUT2D eigenvalue weighted by molar-refractivity contribution is 6.36. The van der Waals surface area contributed by atoms with E-state index in [1.165, 1.54) is 0 Å². The van der Waals surface area contributed by atoms with Gasteiger partial charge in [0.1, 0.15) is 11.5 Å². The Bertz CT molecular complexity index is 1210. The number of imidazole rings is 1. The van der Waals surface area contributed by atoms with Crippen LogP contribution in [0.4, 0.5) is 0 Å². The number of nitrogens with one attached hydrogen (secondary N) is 1. The van der Waals surface area contributed by atoms with Crippen LogP contribution in [-0.2, 0) is 0 Å². The highest BCUT2D eigenvalue weighted by atomic mass is 35.5. The van der Waals surface area contributed by atoms with Crippen molar-refractivity contribution in [2.24, 2.45) is 4.99 Å². The third kappa shape index (κ3) is 3.15. The maximum Gasteiger partial charge on any atom is 0.137 e. The fourth-order valence-corrected chi connectivity index (χ4v) is 3.92. The molecule has 0 saturated carbocycles. The Hall–Kier alpha value is -2.82. The summed E-state index contributed by atoms with van der Waals surface area (Å²) in [5.74, 6) is 0.964. The fourth-order valence-electron chi connectivity index (χ4n) is 3.40. The molecule has 0 fully saturated rings. The first-order valence-corrected chi connectivity index (χ1v) is 9.76. The Morgan fingerprint density at radius 2 is 1.64 bits per heavy atom. The normalized spacial score (nSPS) is 13.6. The lowest BCUT2D eigenvalue weighted by atomic mass is 10.1. The van der Waals surface area contributed by atoms with E-state index in [0.717, 1.165) is 52.5 Å². The third-order valence-electron chi connectivity index (χ3n) is 4.82. The van der Waals surface area contributed by atoms with E-state index < -0.39 is 0 Å². The summed E-state index contributed by atoms with van der Waals surface area (Å²) in [6, 6.07) is 17.9. The molecule has 1 aliphatic rings. The maximum absolute atomic E-state index is 6.36. The van der Waals surface area contributed by atoms with E-state index in [4.69, 9.17) is 28.2 Å². The predicted octanol–water partition coefficient (Wildman–Crippen LogP) is 5.32. The number of hydrogen-bond donors (Lipinski definition) is 1. The summed E-state index contributed by atoms with van der Waals surface area (Å²) < 4.78 is 2.02. The van der Waals surface area contributed by atoms with Gasteiger partial charge in [-0.1, -0.05) is 53.5 Å². The van der Waals surface area contributed by atoms with Gasteiger partial charge in [0.2, 0.25) is 0 Å². The maximum atomic E-state index is 6.36. The van der Waals surface area contributed by atoms with E-state index in [9.17, 15) is 0 Å². The topological polar surface area (TPSA) is 41.7 Å². The van der Waals surface area contributed by atoms with Gasteiger partial charge in [-0.15, -0.1) is 0 Å². The fraction of sp³-hybridized carbons (Fsp3) is 0.0909. The number of pyridine rings is 1. The molecular weight excluding hydrogens is 391 g/mol. The zero-order valence-electron chi connectivity index (χ0n) is 14.9. The molecule has 0 aliphatic carbocycles. The molecule has 0 bridgehead atoms. The molecule has 0 radical (unpaired) electrons. The van der Waals surface area contributed by atoms with Gasteiger partial charge in [0.25, 0.3) is 0 Å². The number of hydrogen-bond acceptors (Lipinski definition) is 3. The molecule has 3 heterocycles. The molecule has 4 aromatic rings. The number of aliphatic imine (C=N–C) groups is 1. The molecule has 6 heteroatoms. The number of rotatable bonds is 3. The van der Waals surface area contributed by atoms with Crippen LogP contribution in [0.1, 0.15) is 5.56 Å². The largest absolute Gasteiger partial charge is 0.368 e. The lowest BCUT2D eigenvalue weighted by Gasteiger charge is -2.05. The van der Waals surface area contributed by atoms with E-state index in [0.29, 0.717) is 10.0 Å². The predicted molar refractivity (Wildman–Crippen MR) is 115 cm³/mol. The minimum Gasteiger partial charge on any atom is -0.368 e. The number of halogens is 2. The van der Waals surface area contributed by atoms with E-state index >= 15 is 0 Å². The lowest BCUT2D eigenvalue weighted by molar-refractivity contribution is 0.960. The van der Waals surface area contributed by atoms with Crippen molar-refractivity contribution in [1.29, 1.82) is 0 Å². The van der Waals surface area contributed by atoms with Crippen LogP contribution in [0.15, 0.2) is 72.0 Å². The number of nitrogens with zero attached hydrogens (tertiary/aromatic N) is 3. The van der Waals surface area contributed by atoms with Gasteiger partial charge in [-0.3, -0.25) is 4.99 Å². The van der Waals surface area contributed by atoms with Crippen molar-refractivity contribution in [2.45, 2.75) is 0 Å². The smallest absolute Gasteiger partial charge is 0.137 e. The summed E-state index contributed by atoms with van der Waals surface area (Å²) in [6.45, 7) is 1.74. The number of benzene rings is 2. The summed E-state index contributed by atoms with van der Waals surface area (Å²) in [7, 11) is 0. The summed E-state index contributed by atoms with van der Waals surface area (Å²) in [5.41, 5.74) is 5.93. The van der Waals surface area contributed by atoms with Gasteiger partial charge in [-0.2, -0.15) is 0 Å². The van der Waals surface area contributed by atoms with Crippen LogP contribution in [0.25, 0.3) is 28.0 Å². The van der Waals surface area contributed by atoms with E-state index in [1.807, 2.05) is 41.1 Å². The summed E-state index contributed by atoms with van der Waals surface area (Å²) in [6.07, 6.45) is 4.06. The van der Waals surface area contributed by atoms with Crippen molar-refractivity contribution in [3.63, 3.8) is 0 Å². The number of amidine groups is 1. The van der Waals surface area contributed by atoms with Crippen molar-refractivity contribution in [2.75, 3.05) is 13.1 Å². The Balaban J connectivity index is 1.49. The van der Waals surface area contributed by atoms with Crippen LogP contribution in [0.3, 0.4) is 0 Å². The van der Waals surface area contributed by atoms with E-state index in [1.54, 1.807) is 6.07 Å². The van der Waals surface area contributed by atoms with Crippen LogP contribution in [-0.4, -0.2) is 28.3 Å². The van der Waals surface area contributed by atoms with Crippen LogP contribution in [0, 0.1) is 0 Å². The van der Waals surface area contributed by atoms with Crippen LogP contribution < -0.4 is 5.32 Å². The molecule has 1 aliphatic heterocycles. The average Bonchev–Trinajstić information content (AvgIpc) is 3.37. The molecule has 1 N–H and O–H groups in total. The van der Waals surface area contributed by atoms with Gasteiger partial charge in [-0.05, 0) is 29.8 Å². The second-order valence-electron chi connectivity index (χ2n) is 6.67. The molecule has 0 unspecified atom stereocenters. The Morgan fingerprint density at radius 1 is 0.857 bits per heavy atom. The molecule has 5 rings (SSSR count). The molecule has 0 atom stereocenters. The molecule has 0 spiro atoms. The molecule has 4 nitrogen and oxygen atoms in total. The Labute approximate surface area is 172 Å². The van der Waals surface area contributed by atoms with E-state index in [-0.39, 0.29) is 0 Å². The molecule has 0 saturated heterocycles. The molecule has 138 valence electrons. The quantitative estimate of drug-likeness (QED) is 0.499. The van der Waals surface area contributed by atoms with Gasteiger partial charge < -0.3 is 9.72 Å². The summed E-state index contributed by atoms with van der Waals surface area (Å²) in [4.78, 5) is 9.21. The lowest BCUT2D eigenvalue weighted by Crippen LogP contribution is -2.19. The minimum absolute atomic E-state index is 0.627. The summed E-state index contributed by atoms with van der Waals surface area (Å²) in [5, 5.41) is 4.55. The van der Waals surface area contributed by atoms with E-state index in [2.05, 4.69) is 34.6 Å². The SMILES string of the molecule is Clc1ccc(-c2ccc3nc(-c4ccc(C5=NCCN5)cc4)cn3c2)c(Cl)c1. The molecule has 28 heavy (non-hydrogen) atoms. The number of aromatic nitrogens is 2. The monoisotopic (exact) mass is 406 g/mol. The second-order valence-corrected chi connectivity index (χ2v) is 7.51. The standard InChI is InChI=1S/C22H16Cl2N4/c23-17-6-7-18(19(24)11-17)16-5-8-21-27-20(13-28(21)12-16)14-1-3-15(4-2-14)22-25-9-10-26-22/h1-8,11-13H,9-10H2,(H,25,26). The minimum atomic E-state index is 0.627. The summed E-state index contributed by atoms with van der Waals surface area (Å²) >= 11 is 12.4. The van der Waals surface area contributed by atoms with Crippen LogP contribution in [0.5, 0.6) is 0 Å². The Morgan fingerprint density at radius 3 is 2.39 bits per heavy atom. The first-order valence-electron chi connectivity index (χ1n) is 9.01. The first-order chi connectivity index (χ1) is 13.7. The van der Waals surface area contributed by atoms with Crippen molar-refractivity contribution >= 4 is 34.7 Å². The highest BCUT2D eigenvalue weighted by Crippen LogP contribution is 2.31. The number of fused-ring (bicyclic) bond motifs is 1. The van der Waals surface area contributed by atoms with Crippen molar-refractivity contribution in [3.8, 4) is 22.4 Å². The van der Waals surface area contributed by atoms with Crippen molar-refractivity contribution in [3.05, 3.63) is 82.6 Å². The van der Waals surface area contributed by atoms with Crippen molar-refractivity contribution in [1.82, 2.24) is 14.7 Å². The van der Waals surface area contributed by atoms with Crippen LogP contribution >= 0.6 is 23.2 Å². The third-order valence-corrected chi connectivity index (χ3v) is 5.37. The average molecular weight is 407 g/mol. The molecule has 2 aromatic heterocycles. The second kappa shape index (κ2) is 6.97. The highest BCUT2D eigenvalue weighted by Gasteiger charge is 2.11. The zero-order chi connectivity index (χ0) is 19.1. The first kappa shape index (κ1) is 17.3. The van der Waals surface area contributed by atoms with Crippen molar-refractivity contribution < 1.29 is 0 Å². The van der Waals surface area contributed by atoms with Gasteiger partial charge >= 0.3 is 0 Å². The molecule has 0 amide bonds.